The summed E-state index contributed by atoms with van der Waals surface area (Å²) in [6.07, 6.45) is 4.37. The van der Waals surface area contributed by atoms with Crippen LogP contribution >= 0.6 is 0 Å². The van der Waals surface area contributed by atoms with E-state index in [1.165, 1.54) is 0 Å². The van der Waals surface area contributed by atoms with Gasteiger partial charge >= 0.3 is 0 Å². The summed E-state index contributed by atoms with van der Waals surface area (Å²) in [7, 11) is 0. The first kappa shape index (κ1) is 11.4. The van der Waals surface area contributed by atoms with Crippen LogP contribution in [0.1, 0.15) is 12.0 Å². The number of aromatic nitrogens is 2. The Morgan fingerprint density at radius 2 is 2.12 bits per heavy atom. The first-order valence-electron chi connectivity index (χ1n) is 5.57. The third-order valence-corrected chi connectivity index (χ3v) is 2.40. The van der Waals surface area contributed by atoms with Crippen LogP contribution in [0.15, 0.2) is 42.7 Å². The summed E-state index contributed by atoms with van der Waals surface area (Å²) in [5, 5.41) is 15.9. The molecule has 4 nitrogen and oxygen atoms in total. The predicted molar refractivity (Wildman–Crippen MR) is 65.5 cm³/mol. The molecule has 0 aliphatic heterocycles. The van der Waals surface area contributed by atoms with Gasteiger partial charge in [0.1, 0.15) is 0 Å². The van der Waals surface area contributed by atoms with Gasteiger partial charge in [0.05, 0.1) is 18.0 Å². The van der Waals surface area contributed by atoms with Crippen molar-refractivity contribution in [2.75, 3.05) is 6.54 Å². The molecule has 0 atom stereocenters. The van der Waals surface area contributed by atoms with Gasteiger partial charge in [0.25, 0.3) is 0 Å². The Morgan fingerprint density at radius 3 is 2.88 bits per heavy atom. The molecule has 0 bridgehead atoms. The summed E-state index contributed by atoms with van der Waals surface area (Å²) < 4.78 is 1.85. The minimum Gasteiger partial charge on any atom is -0.312 e. The summed E-state index contributed by atoms with van der Waals surface area (Å²) in [6.45, 7) is 1.46. The zero-order valence-corrected chi connectivity index (χ0v) is 9.50. The maximum absolute atomic E-state index is 8.41. The Bertz CT molecular complexity index is 496. The van der Waals surface area contributed by atoms with Crippen molar-refractivity contribution in [2.45, 2.75) is 13.0 Å². The van der Waals surface area contributed by atoms with Crippen molar-refractivity contribution in [1.82, 2.24) is 15.1 Å². The van der Waals surface area contributed by atoms with Gasteiger partial charge in [-0.3, -0.25) is 0 Å². The molecule has 0 unspecified atom stereocenters. The monoisotopic (exact) mass is 226 g/mol. The number of hydrogen-bond acceptors (Lipinski definition) is 3. The zero-order chi connectivity index (χ0) is 11.9. The molecule has 0 amide bonds. The quantitative estimate of drug-likeness (QED) is 0.792. The molecule has 0 radical (unpaired) electrons. The summed E-state index contributed by atoms with van der Waals surface area (Å²) >= 11 is 0. The fourth-order valence-electron chi connectivity index (χ4n) is 1.55. The Kier molecular flexibility index (Phi) is 3.90. The lowest BCUT2D eigenvalue weighted by Gasteiger charge is -2.00. The molecule has 0 saturated heterocycles. The maximum atomic E-state index is 8.41. The predicted octanol–water partition coefficient (Wildman–Crippen LogP) is 1.88. The van der Waals surface area contributed by atoms with E-state index in [9.17, 15) is 0 Å². The van der Waals surface area contributed by atoms with Gasteiger partial charge in [-0.05, 0) is 12.1 Å². The van der Waals surface area contributed by atoms with Gasteiger partial charge in [-0.1, -0.05) is 18.2 Å². The molecular formula is C13H14N4. The van der Waals surface area contributed by atoms with Crippen LogP contribution in [0.25, 0.3) is 5.69 Å². The maximum Gasteiger partial charge on any atom is 0.0645 e. The molecule has 1 N–H and O–H groups in total. The normalized spacial score (nSPS) is 10.1. The largest absolute Gasteiger partial charge is 0.312 e. The number of nitrogens with zero attached hydrogens (tertiary/aromatic N) is 3. The van der Waals surface area contributed by atoms with Crippen LogP contribution < -0.4 is 5.32 Å². The summed E-state index contributed by atoms with van der Waals surface area (Å²) in [4.78, 5) is 0. The van der Waals surface area contributed by atoms with Crippen molar-refractivity contribution in [3.8, 4) is 11.8 Å². The highest BCUT2D eigenvalue weighted by atomic mass is 15.3. The van der Waals surface area contributed by atoms with E-state index in [-0.39, 0.29) is 0 Å². The topological polar surface area (TPSA) is 53.6 Å². The van der Waals surface area contributed by atoms with Gasteiger partial charge < -0.3 is 5.32 Å². The molecule has 2 rings (SSSR count). The van der Waals surface area contributed by atoms with Gasteiger partial charge in [0, 0.05) is 31.3 Å². The second-order valence-corrected chi connectivity index (χ2v) is 3.71. The van der Waals surface area contributed by atoms with Gasteiger partial charge in [-0.15, -0.1) is 0 Å². The van der Waals surface area contributed by atoms with Crippen LogP contribution in [0.3, 0.4) is 0 Å². The van der Waals surface area contributed by atoms with Gasteiger partial charge in [0.15, 0.2) is 0 Å². The fraction of sp³-hybridized carbons (Fsp3) is 0.231. The first-order chi connectivity index (χ1) is 8.40. The molecule has 0 saturated carbocycles. The highest BCUT2D eigenvalue weighted by Crippen LogP contribution is 2.07. The van der Waals surface area contributed by atoms with Crippen molar-refractivity contribution >= 4 is 0 Å². The Balaban J connectivity index is 1.95. The number of benzene rings is 1. The Hall–Kier alpha value is -2.12. The van der Waals surface area contributed by atoms with Crippen LogP contribution in [0.5, 0.6) is 0 Å². The van der Waals surface area contributed by atoms with Crippen LogP contribution in [0.4, 0.5) is 0 Å². The highest BCUT2D eigenvalue weighted by molar-refractivity contribution is 5.30. The summed E-state index contributed by atoms with van der Waals surface area (Å²) in [5.41, 5.74) is 2.17. The van der Waals surface area contributed by atoms with E-state index in [2.05, 4.69) is 16.5 Å². The van der Waals surface area contributed by atoms with Crippen molar-refractivity contribution in [2.24, 2.45) is 0 Å². The third-order valence-electron chi connectivity index (χ3n) is 2.40. The van der Waals surface area contributed by atoms with E-state index in [0.717, 1.165) is 17.8 Å². The third kappa shape index (κ3) is 3.16. The van der Waals surface area contributed by atoms with Crippen LogP contribution in [0, 0.1) is 11.3 Å². The molecule has 1 aromatic carbocycles. The molecular weight excluding hydrogens is 212 g/mol. The summed E-state index contributed by atoms with van der Waals surface area (Å²) in [6, 6.07) is 12.1. The summed E-state index contributed by atoms with van der Waals surface area (Å²) in [5.74, 6) is 0. The number of nitriles is 1. The molecule has 0 spiro atoms. The van der Waals surface area contributed by atoms with E-state index >= 15 is 0 Å². The molecule has 0 fully saturated rings. The van der Waals surface area contributed by atoms with E-state index in [1.807, 2.05) is 47.4 Å². The van der Waals surface area contributed by atoms with Crippen molar-refractivity contribution in [3.05, 3.63) is 48.3 Å². The van der Waals surface area contributed by atoms with E-state index in [0.29, 0.717) is 13.0 Å². The minimum atomic E-state index is 0.535. The average Bonchev–Trinajstić information content (AvgIpc) is 2.85. The SMILES string of the molecule is N#CCCNCc1cnn(-c2ccccc2)c1. The molecule has 4 heteroatoms. The second kappa shape index (κ2) is 5.83. The number of nitrogens with one attached hydrogen (secondary N) is 1. The molecule has 17 heavy (non-hydrogen) atoms. The number of hydrogen-bond donors (Lipinski definition) is 1. The minimum absolute atomic E-state index is 0.535. The van der Waals surface area contributed by atoms with Crippen LogP contribution in [0.2, 0.25) is 0 Å². The van der Waals surface area contributed by atoms with Crippen LogP contribution in [-0.4, -0.2) is 16.3 Å². The lowest BCUT2D eigenvalue weighted by Crippen LogP contribution is -2.13. The molecule has 1 heterocycles. The van der Waals surface area contributed by atoms with Gasteiger partial charge in [-0.2, -0.15) is 10.4 Å². The molecule has 1 aromatic heterocycles. The Labute approximate surface area is 100 Å². The van der Waals surface area contributed by atoms with Gasteiger partial charge in [-0.25, -0.2) is 4.68 Å². The standard InChI is InChI=1S/C13H14N4/c14-7-4-8-15-9-12-10-16-17(11-12)13-5-2-1-3-6-13/h1-3,5-6,10-11,15H,4,8-9H2. The molecule has 86 valence electrons. The average molecular weight is 226 g/mol. The molecule has 0 aliphatic rings. The first-order valence-corrected chi connectivity index (χ1v) is 5.57. The highest BCUT2D eigenvalue weighted by Gasteiger charge is 1.99. The number of rotatable bonds is 5. The molecule has 2 aromatic rings. The lowest BCUT2D eigenvalue weighted by molar-refractivity contribution is 0.699. The van der Waals surface area contributed by atoms with Gasteiger partial charge in [0.2, 0.25) is 0 Å². The van der Waals surface area contributed by atoms with Crippen molar-refractivity contribution in [1.29, 1.82) is 5.26 Å². The fourth-order valence-corrected chi connectivity index (χ4v) is 1.55. The van der Waals surface area contributed by atoms with Crippen LogP contribution in [-0.2, 0) is 6.54 Å². The zero-order valence-electron chi connectivity index (χ0n) is 9.50. The lowest BCUT2D eigenvalue weighted by atomic mass is 10.3. The van der Waals surface area contributed by atoms with Crippen molar-refractivity contribution < 1.29 is 0 Å². The Morgan fingerprint density at radius 1 is 1.29 bits per heavy atom. The number of para-hydroxylation sites is 1. The van der Waals surface area contributed by atoms with E-state index < -0.39 is 0 Å². The van der Waals surface area contributed by atoms with E-state index in [4.69, 9.17) is 5.26 Å². The molecule has 0 aliphatic carbocycles. The second-order valence-electron chi connectivity index (χ2n) is 3.71. The van der Waals surface area contributed by atoms with Crippen molar-refractivity contribution in [3.63, 3.8) is 0 Å². The smallest absolute Gasteiger partial charge is 0.0645 e. The van der Waals surface area contributed by atoms with E-state index in [1.54, 1.807) is 0 Å².